The molecule has 3 N–H and O–H groups in total. The van der Waals surface area contributed by atoms with Crippen LogP contribution in [0.5, 0.6) is 0 Å². The number of hydrogen-bond donors (Lipinski definition) is 2. The van der Waals surface area contributed by atoms with Gasteiger partial charge in [0.15, 0.2) is 0 Å². The number of amides is 1. The molecule has 1 aromatic heterocycles. The molecule has 0 aliphatic rings. The molecule has 0 fully saturated rings. The molecule has 1 rings (SSSR count). The van der Waals surface area contributed by atoms with Gasteiger partial charge in [0, 0.05) is 13.5 Å². The molecule has 0 saturated heterocycles. The fourth-order valence-corrected chi connectivity index (χ4v) is 0.751. The van der Waals surface area contributed by atoms with Crippen molar-refractivity contribution in [3.63, 3.8) is 0 Å². The third-order valence-electron chi connectivity index (χ3n) is 1.27. The quantitative estimate of drug-likeness (QED) is 0.608. The zero-order valence-corrected chi connectivity index (χ0v) is 7.82. The highest BCUT2D eigenvalue weighted by atomic mass is 16.5. The van der Waals surface area contributed by atoms with Gasteiger partial charge in [0.05, 0.1) is 6.61 Å². The number of carbonyl (C=O) groups excluding carboxylic acids is 1. The lowest BCUT2D eigenvalue weighted by atomic mass is 10.6. The smallest absolute Gasteiger partial charge is 0.322 e. The van der Waals surface area contributed by atoms with Crippen molar-refractivity contribution in [2.75, 3.05) is 25.1 Å². The van der Waals surface area contributed by atoms with Crippen LogP contribution in [0.15, 0.2) is 4.42 Å². The summed E-state index contributed by atoms with van der Waals surface area (Å²) >= 11 is 0. The van der Waals surface area contributed by atoms with Crippen LogP contribution in [0.3, 0.4) is 0 Å². The van der Waals surface area contributed by atoms with Gasteiger partial charge in [0.25, 0.3) is 5.91 Å². The zero-order valence-electron chi connectivity index (χ0n) is 7.82. The van der Waals surface area contributed by atoms with E-state index < -0.39 is 0 Å². The molecule has 0 atom stereocenters. The third-order valence-corrected chi connectivity index (χ3v) is 1.27. The molecule has 0 spiro atoms. The summed E-state index contributed by atoms with van der Waals surface area (Å²) in [5, 5.41) is 9.51. The van der Waals surface area contributed by atoms with Gasteiger partial charge in [-0.25, -0.2) is 0 Å². The maximum absolute atomic E-state index is 11.1. The van der Waals surface area contributed by atoms with Crippen LogP contribution in [0.25, 0.3) is 0 Å². The van der Waals surface area contributed by atoms with Crippen LogP contribution in [0.2, 0.25) is 0 Å². The van der Waals surface area contributed by atoms with Crippen LogP contribution in [0.4, 0.5) is 6.01 Å². The molecule has 1 amide bonds. The van der Waals surface area contributed by atoms with E-state index in [1.165, 1.54) is 0 Å². The minimum atomic E-state index is -0.345. The first-order chi connectivity index (χ1) is 6.72. The molecule has 0 radical (unpaired) electrons. The Kier molecular flexibility index (Phi) is 4.02. The van der Waals surface area contributed by atoms with E-state index in [0.717, 1.165) is 0 Å². The van der Waals surface area contributed by atoms with Gasteiger partial charge in [0.1, 0.15) is 6.61 Å². The van der Waals surface area contributed by atoms with Crippen LogP contribution in [0, 0.1) is 6.92 Å². The standard InChI is InChI=1S/C7H12N4O3/c1-5-10-11-7(14-5)9-6(12)4-13-3-2-8/h2-4,8H2,1H3,(H,9,11,12). The van der Waals surface area contributed by atoms with Crippen LogP contribution >= 0.6 is 0 Å². The van der Waals surface area contributed by atoms with Crippen molar-refractivity contribution in [3.8, 4) is 0 Å². The number of carbonyl (C=O) groups is 1. The minimum absolute atomic E-state index is 0.0708. The second kappa shape index (κ2) is 5.30. The van der Waals surface area contributed by atoms with Gasteiger partial charge in [-0.1, -0.05) is 5.10 Å². The molecule has 1 heterocycles. The number of hydrogen-bond acceptors (Lipinski definition) is 6. The van der Waals surface area contributed by atoms with E-state index in [2.05, 4.69) is 15.5 Å². The molecular weight excluding hydrogens is 188 g/mol. The number of ether oxygens (including phenoxy) is 1. The van der Waals surface area contributed by atoms with E-state index in [-0.39, 0.29) is 18.5 Å². The van der Waals surface area contributed by atoms with Gasteiger partial charge in [-0.3, -0.25) is 10.1 Å². The zero-order chi connectivity index (χ0) is 10.4. The lowest BCUT2D eigenvalue weighted by molar-refractivity contribution is -0.120. The summed E-state index contributed by atoms with van der Waals surface area (Å²) in [6, 6.07) is 0.0730. The summed E-state index contributed by atoms with van der Waals surface area (Å²) in [6.45, 7) is 2.29. The van der Waals surface area contributed by atoms with Gasteiger partial charge < -0.3 is 14.9 Å². The fraction of sp³-hybridized carbons (Fsp3) is 0.571. The topological polar surface area (TPSA) is 103 Å². The predicted octanol–water partition coefficient (Wildman–Crippen LogP) is -0.708. The van der Waals surface area contributed by atoms with Gasteiger partial charge in [-0.05, 0) is 0 Å². The Morgan fingerprint density at radius 1 is 1.64 bits per heavy atom. The number of anilines is 1. The highest BCUT2D eigenvalue weighted by molar-refractivity contribution is 5.89. The number of aryl methyl sites for hydroxylation is 1. The van der Waals surface area contributed by atoms with Crippen LogP contribution in [0.1, 0.15) is 5.89 Å². The monoisotopic (exact) mass is 200 g/mol. The van der Waals surface area contributed by atoms with Crippen molar-refractivity contribution >= 4 is 11.9 Å². The molecule has 14 heavy (non-hydrogen) atoms. The Morgan fingerprint density at radius 2 is 2.43 bits per heavy atom. The minimum Gasteiger partial charge on any atom is -0.408 e. The summed E-state index contributed by atoms with van der Waals surface area (Å²) in [4.78, 5) is 11.1. The normalized spacial score (nSPS) is 10.1. The Balaban J connectivity index is 2.27. The largest absolute Gasteiger partial charge is 0.408 e. The number of aromatic nitrogens is 2. The Hall–Kier alpha value is -1.47. The van der Waals surface area contributed by atoms with Crippen molar-refractivity contribution in [1.82, 2.24) is 10.2 Å². The first-order valence-electron chi connectivity index (χ1n) is 4.10. The van der Waals surface area contributed by atoms with E-state index in [4.69, 9.17) is 14.9 Å². The molecule has 78 valence electrons. The highest BCUT2D eigenvalue weighted by Crippen LogP contribution is 2.02. The van der Waals surface area contributed by atoms with Crippen molar-refractivity contribution in [1.29, 1.82) is 0 Å². The van der Waals surface area contributed by atoms with Crippen LogP contribution < -0.4 is 11.1 Å². The molecule has 0 aliphatic carbocycles. The van der Waals surface area contributed by atoms with E-state index >= 15 is 0 Å². The second-order valence-electron chi connectivity index (χ2n) is 2.52. The Morgan fingerprint density at radius 3 is 3.00 bits per heavy atom. The van der Waals surface area contributed by atoms with Crippen LogP contribution in [-0.2, 0) is 9.53 Å². The molecule has 0 aromatic carbocycles. The summed E-state index contributed by atoms with van der Waals surface area (Å²) in [6.07, 6.45) is 0. The molecule has 7 nitrogen and oxygen atoms in total. The van der Waals surface area contributed by atoms with E-state index in [1.807, 2.05) is 0 Å². The lowest BCUT2D eigenvalue weighted by Gasteiger charge is -2.00. The summed E-state index contributed by atoms with van der Waals surface area (Å²) in [5.41, 5.74) is 5.17. The first kappa shape index (κ1) is 10.6. The maximum Gasteiger partial charge on any atom is 0.322 e. The average molecular weight is 200 g/mol. The molecule has 0 unspecified atom stereocenters. The van der Waals surface area contributed by atoms with E-state index in [0.29, 0.717) is 19.0 Å². The molecule has 7 heteroatoms. The number of nitrogens with one attached hydrogen (secondary N) is 1. The van der Waals surface area contributed by atoms with Crippen molar-refractivity contribution < 1.29 is 13.9 Å². The number of nitrogens with two attached hydrogens (primary N) is 1. The van der Waals surface area contributed by atoms with Gasteiger partial charge in [-0.15, -0.1) is 5.10 Å². The second-order valence-corrected chi connectivity index (χ2v) is 2.52. The fourth-order valence-electron chi connectivity index (χ4n) is 0.751. The van der Waals surface area contributed by atoms with E-state index in [9.17, 15) is 4.79 Å². The first-order valence-corrected chi connectivity index (χ1v) is 4.10. The van der Waals surface area contributed by atoms with Gasteiger partial charge in [0.2, 0.25) is 5.89 Å². The summed E-state index contributed by atoms with van der Waals surface area (Å²) in [5.74, 6) is 0.0466. The molecule has 0 bridgehead atoms. The third kappa shape index (κ3) is 3.50. The van der Waals surface area contributed by atoms with E-state index in [1.54, 1.807) is 6.92 Å². The number of nitrogens with zero attached hydrogens (tertiary/aromatic N) is 2. The predicted molar refractivity (Wildman–Crippen MR) is 47.5 cm³/mol. The Labute approximate surface area is 80.6 Å². The molecule has 0 aliphatic heterocycles. The molecular formula is C7H12N4O3. The molecule has 1 aromatic rings. The van der Waals surface area contributed by atoms with Crippen molar-refractivity contribution in [2.24, 2.45) is 5.73 Å². The lowest BCUT2D eigenvalue weighted by Crippen LogP contribution is -2.20. The summed E-state index contributed by atoms with van der Waals surface area (Å²) in [7, 11) is 0. The van der Waals surface area contributed by atoms with Gasteiger partial charge in [-0.2, -0.15) is 0 Å². The average Bonchev–Trinajstić information content (AvgIpc) is 2.52. The Bertz CT molecular complexity index is 299. The van der Waals surface area contributed by atoms with Crippen LogP contribution in [-0.4, -0.2) is 35.9 Å². The molecule has 0 saturated carbocycles. The van der Waals surface area contributed by atoms with Crippen molar-refractivity contribution in [3.05, 3.63) is 5.89 Å². The highest BCUT2D eigenvalue weighted by Gasteiger charge is 2.06. The SMILES string of the molecule is Cc1nnc(NC(=O)COCCN)o1. The maximum atomic E-state index is 11.1. The van der Waals surface area contributed by atoms with Crippen molar-refractivity contribution in [2.45, 2.75) is 6.92 Å². The number of rotatable bonds is 5. The van der Waals surface area contributed by atoms with Gasteiger partial charge >= 0.3 is 6.01 Å². The summed E-state index contributed by atoms with van der Waals surface area (Å²) < 4.78 is 9.82.